The van der Waals surface area contributed by atoms with Crippen molar-refractivity contribution < 1.29 is 23.9 Å². The van der Waals surface area contributed by atoms with Gasteiger partial charge in [0.05, 0.1) is 18.1 Å². The standard InChI is InChI=1S/C28H25ClN2O5S/c1-3-35-24-14-19(7-12-23(24)36-17-26(32)30-22-10-8-21(29)9-11-22)15-25-27(33)31(28(34)37-25)16-20-6-4-5-18(2)13-20/h4-15H,3,16-17H2,1-2H3,(H,30,32)/b25-15-. The van der Waals surface area contributed by atoms with E-state index in [0.717, 1.165) is 22.9 Å². The molecule has 0 radical (unpaired) electrons. The molecule has 1 heterocycles. The molecule has 1 aliphatic rings. The van der Waals surface area contributed by atoms with Gasteiger partial charge in [0.25, 0.3) is 17.1 Å². The lowest BCUT2D eigenvalue weighted by Gasteiger charge is -2.13. The Bertz CT molecular complexity index is 1360. The average Bonchev–Trinajstić information content (AvgIpc) is 3.12. The van der Waals surface area contributed by atoms with Crippen molar-refractivity contribution >= 4 is 52.2 Å². The maximum Gasteiger partial charge on any atom is 0.293 e. The second-order valence-corrected chi connectivity index (χ2v) is 9.67. The number of halogens is 1. The summed E-state index contributed by atoms with van der Waals surface area (Å²) in [6.07, 6.45) is 1.65. The quantitative estimate of drug-likeness (QED) is 0.323. The zero-order valence-corrected chi connectivity index (χ0v) is 21.9. The molecular formula is C28H25ClN2O5S. The van der Waals surface area contributed by atoms with Gasteiger partial charge in [0.2, 0.25) is 0 Å². The predicted octanol–water partition coefficient (Wildman–Crippen LogP) is 6.30. The van der Waals surface area contributed by atoms with Crippen molar-refractivity contribution in [1.82, 2.24) is 4.90 Å². The Hall–Kier alpha value is -3.75. The van der Waals surface area contributed by atoms with E-state index in [1.807, 2.05) is 38.1 Å². The smallest absolute Gasteiger partial charge is 0.293 e. The first-order chi connectivity index (χ1) is 17.8. The van der Waals surface area contributed by atoms with Crippen LogP contribution < -0.4 is 14.8 Å². The molecule has 1 fully saturated rings. The molecule has 4 rings (SSSR count). The Morgan fingerprint density at radius 1 is 1.03 bits per heavy atom. The van der Waals surface area contributed by atoms with Gasteiger partial charge < -0.3 is 14.8 Å². The van der Waals surface area contributed by atoms with Crippen LogP contribution in [0, 0.1) is 6.92 Å². The number of hydrogen-bond donors (Lipinski definition) is 1. The predicted molar refractivity (Wildman–Crippen MR) is 146 cm³/mol. The number of thioether (sulfide) groups is 1. The van der Waals surface area contributed by atoms with Gasteiger partial charge in [0.1, 0.15) is 0 Å². The van der Waals surface area contributed by atoms with E-state index in [-0.39, 0.29) is 30.2 Å². The lowest BCUT2D eigenvalue weighted by atomic mass is 10.1. The van der Waals surface area contributed by atoms with Crippen molar-refractivity contribution in [2.45, 2.75) is 20.4 Å². The first-order valence-electron chi connectivity index (χ1n) is 11.6. The van der Waals surface area contributed by atoms with Crippen LogP contribution in [0.3, 0.4) is 0 Å². The summed E-state index contributed by atoms with van der Waals surface area (Å²) >= 11 is 6.77. The number of rotatable bonds is 9. The van der Waals surface area contributed by atoms with E-state index in [1.54, 1.807) is 48.5 Å². The summed E-state index contributed by atoms with van der Waals surface area (Å²) in [5, 5.41) is 3.00. The van der Waals surface area contributed by atoms with Crippen molar-refractivity contribution in [2.75, 3.05) is 18.5 Å². The molecule has 0 saturated carbocycles. The molecule has 3 aromatic carbocycles. The highest BCUT2D eigenvalue weighted by atomic mass is 35.5. The van der Waals surface area contributed by atoms with E-state index in [4.69, 9.17) is 21.1 Å². The lowest BCUT2D eigenvalue weighted by molar-refractivity contribution is -0.123. The first-order valence-corrected chi connectivity index (χ1v) is 12.8. The van der Waals surface area contributed by atoms with Crippen molar-refractivity contribution in [3.63, 3.8) is 0 Å². The van der Waals surface area contributed by atoms with E-state index in [0.29, 0.717) is 39.3 Å². The first kappa shape index (κ1) is 26.3. The third kappa shape index (κ3) is 6.93. The molecule has 37 heavy (non-hydrogen) atoms. The van der Waals surface area contributed by atoms with Gasteiger partial charge in [-0.1, -0.05) is 47.5 Å². The SMILES string of the molecule is CCOc1cc(/C=C2\SC(=O)N(Cc3cccc(C)c3)C2=O)ccc1OCC(=O)Nc1ccc(Cl)cc1. The van der Waals surface area contributed by atoms with Crippen molar-refractivity contribution in [1.29, 1.82) is 0 Å². The van der Waals surface area contributed by atoms with Crippen LogP contribution >= 0.6 is 23.4 Å². The fourth-order valence-corrected chi connectivity index (χ4v) is 4.62. The number of benzene rings is 3. The molecule has 3 aromatic rings. The van der Waals surface area contributed by atoms with Crippen LogP contribution in [0.2, 0.25) is 5.02 Å². The van der Waals surface area contributed by atoms with Gasteiger partial charge in [-0.15, -0.1) is 0 Å². The minimum absolute atomic E-state index is 0.221. The Morgan fingerprint density at radius 3 is 2.54 bits per heavy atom. The number of carbonyl (C=O) groups is 3. The third-order valence-corrected chi connectivity index (χ3v) is 6.51. The summed E-state index contributed by atoms with van der Waals surface area (Å²) in [6, 6.07) is 19.6. The number of hydrogen-bond acceptors (Lipinski definition) is 6. The van der Waals surface area contributed by atoms with Crippen molar-refractivity contribution in [3.8, 4) is 11.5 Å². The molecule has 0 bridgehead atoms. The van der Waals surface area contributed by atoms with Gasteiger partial charge >= 0.3 is 0 Å². The maximum absolute atomic E-state index is 12.9. The highest BCUT2D eigenvalue weighted by Crippen LogP contribution is 2.35. The van der Waals surface area contributed by atoms with Crippen LogP contribution in [0.15, 0.2) is 71.6 Å². The highest BCUT2D eigenvalue weighted by Gasteiger charge is 2.35. The fraction of sp³-hybridized carbons (Fsp3) is 0.179. The summed E-state index contributed by atoms with van der Waals surface area (Å²) < 4.78 is 11.4. The summed E-state index contributed by atoms with van der Waals surface area (Å²) in [7, 11) is 0. The van der Waals surface area contributed by atoms with Crippen LogP contribution in [-0.4, -0.2) is 35.2 Å². The normalized spacial score (nSPS) is 14.2. The number of aryl methyl sites for hydroxylation is 1. The highest BCUT2D eigenvalue weighted by molar-refractivity contribution is 8.18. The zero-order valence-electron chi connectivity index (χ0n) is 20.3. The Morgan fingerprint density at radius 2 is 1.81 bits per heavy atom. The Balaban J connectivity index is 1.44. The van der Waals surface area contributed by atoms with E-state index in [2.05, 4.69) is 5.32 Å². The number of ether oxygens (including phenoxy) is 2. The van der Waals surface area contributed by atoms with Gasteiger partial charge in [-0.05, 0) is 79.2 Å². The molecule has 190 valence electrons. The summed E-state index contributed by atoms with van der Waals surface area (Å²) in [5.41, 5.74) is 3.23. The van der Waals surface area contributed by atoms with Crippen LogP contribution in [-0.2, 0) is 16.1 Å². The summed E-state index contributed by atoms with van der Waals surface area (Å²) in [6.45, 7) is 4.18. The second kappa shape index (κ2) is 12.0. The van der Waals surface area contributed by atoms with Gasteiger partial charge in [-0.3, -0.25) is 19.3 Å². The molecule has 9 heteroatoms. The van der Waals surface area contributed by atoms with E-state index in [9.17, 15) is 14.4 Å². The van der Waals surface area contributed by atoms with Gasteiger partial charge in [-0.25, -0.2) is 0 Å². The van der Waals surface area contributed by atoms with Crippen LogP contribution in [0.5, 0.6) is 11.5 Å². The van der Waals surface area contributed by atoms with Crippen molar-refractivity contribution in [3.05, 3.63) is 93.3 Å². The summed E-state index contributed by atoms with van der Waals surface area (Å²) in [5.74, 6) is 0.136. The van der Waals surface area contributed by atoms with E-state index < -0.39 is 0 Å². The molecule has 0 aliphatic carbocycles. The maximum atomic E-state index is 12.9. The van der Waals surface area contributed by atoms with E-state index in [1.165, 1.54) is 4.90 Å². The molecule has 0 aromatic heterocycles. The molecule has 0 atom stereocenters. The second-order valence-electron chi connectivity index (χ2n) is 8.24. The van der Waals surface area contributed by atoms with Crippen LogP contribution in [0.25, 0.3) is 6.08 Å². The summed E-state index contributed by atoms with van der Waals surface area (Å²) in [4.78, 5) is 39.3. The molecule has 1 aliphatic heterocycles. The molecule has 0 spiro atoms. The lowest BCUT2D eigenvalue weighted by Crippen LogP contribution is -2.27. The van der Waals surface area contributed by atoms with Gasteiger partial charge in [-0.2, -0.15) is 0 Å². The number of anilines is 1. The number of amides is 3. The number of nitrogens with one attached hydrogen (secondary N) is 1. The number of imide groups is 1. The molecular weight excluding hydrogens is 512 g/mol. The zero-order chi connectivity index (χ0) is 26.4. The number of carbonyl (C=O) groups excluding carboxylic acids is 3. The Kier molecular flexibility index (Phi) is 8.53. The largest absolute Gasteiger partial charge is 0.490 e. The number of nitrogens with zero attached hydrogens (tertiary/aromatic N) is 1. The minimum atomic E-state index is -0.339. The van der Waals surface area contributed by atoms with Crippen LogP contribution in [0.1, 0.15) is 23.6 Å². The average molecular weight is 537 g/mol. The molecule has 1 N–H and O–H groups in total. The van der Waals surface area contributed by atoms with Gasteiger partial charge in [0.15, 0.2) is 18.1 Å². The van der Waals surface area contributed by atoms with Crippen molar-refractivity contribution in [2.24, 2.45) is 0 Å². The molecule has 3 amide bonds. The fourth-order valence-electron chi connectivity index (χ4n) is 3.66. The topological polar surface area (TPSA) is 84.9 Å². The molecule has 7 nitrogen and oxygen atoms in total. The van der Waals surface area contributed by atoms with E-state index >= 15 is 0 Å². The molecule has 0 unspecified atom stereocenters. The monoisotopic (exact) mass is 536 g/mol. The van der Waals surface area contributed by atoms with Crippen LogP contribution in [0.4, 0.5) is 10.5 Å². The van der Waals surface area contributed by atoms with Gasteiger partial charge in [0, 0.05) is 10.7 Å². The Labute approximate surface area is 224 Å². The third-order valence-electron chi connectivity index (χ3n) is 5.35. The molecule has 1 saturated heterocycles. The minimum Gasteiger partial charge on any atom is -0.490 e.